The molecule has 0 aromatic heterocycles. The summed E-state index contributed by atoms with van der Waals surface area (Å²) in [7, 11) is 2.96. The maximum atomic E-state index is 12.8. The van der Waals surface area contributed by atoms with E-state index in [1.54, 1.807) is 25.3 Å². The number of methoxy groups -OCH3 is 2. The van der Waals surface area contributed by atoms with E-state index in [4.69, 9.17) is 21.1 Å². The van der Waals surface area contributed by atoms with E-state index in [2.05, 4.69) is 5.32 Å². The van der Waals surface area contributed by atoms with Crippen molar-refractivity contribution >= 4 is 41.1 Å². The zero-order valence-electron chi connectivity index (χ0n) is 18.6. The van der Waals surface area contributed by atoms with Crippen molar-refractivity contribution in [3.8, 4) is 5.75 Å². The molecule has 0 saturated carbocycles. The summed E-state index contributed by atoms with van der Waals surface area (Å²) < 4.78 is 11.8. The molecule has 1 N–H and O–H groups in total. The number of nitrogens with zero attached hydrogens (tertiary/aromatic N) is 1. The average Bonchev–Trinajstić information content (AvgIpc) is 2.84. The molecule has 6 nitrogen and oxygen atoms in total. The third kappa shape index (κ3) is 6.66. The van der Waals surface area contributed by atoms with Gasteiger partial charge in [0.2, 0.25) is 5.91 Å². The maximum absolute atomic E-state index is 12.8. The van der Waals surface area contributed by atoms with Gasteiger partial charge in [-0.05, 0) is 72.5 Å². The Bertz CT molecular complexity index is 1120. The highest BCUT2D eigenvalue weighted by Crippen LogP contribution is 2.34. The number of hydrogen-bond acceptors (Lipinski definition) is 6. The minimum Gasteiger partial charge on any atom is -0.497 e. The third-order valence-corrected chi connectivity index (χ3v) is 6.33. The SMILES string of the molecule is COC(=O)c1cccc(SN(CC(=O)NCc2ccc(OC)cc2)c2cccc(Cl)c2C)c1. The highest BCUT2D eigenvalue weighted by Gasteiger charge is 2.18. The average molecular weight is 485 g/mol. The van der Waals surface area contributed by atoms with Crippen LogP contribution in [0.4, 0.5) is 5.69 Å². The molecule has 0 fully saturated rings. The van der Waals surface area contributed by atoms with Crippen LogP contribution in [-0.2, 0) is 16.1 Å². The number of ether oxygens (including phenoxy) is 2. The Morgan fingerprint density at radius 3 is 2.45 bits per heavy atom. The smallest absolute Gasteiger partial charge is 0.337 e. The predicted molar refractivity (Wildman–Crippen MR) is 132 cm³/mol. The number of amides is 1. The van der Waals surface area contributed by atoms with Gasteiger partial charge in [-0.1, -0.05) is 35.9 Å². The van der Waals surface area contributed by atoms with Gasteiger partial charge in [-0.15, -0.1) is 0 Å². The minimum absolute atomic E-state index is 0.0878. The van der Waals surface area contributed by atoms with Crippen molar-refractivity contribution in [3.63, 3.8) is 0 Å². The second-order valence-electron chi connectivity index (χ2n) is 7.16. The van der Waals surface area contributed by atoms with Crippen LogP contribution in [-0.4, -0.2) is 32.6 Å². The monoisotopic (exact) mass is 484 g/mol. The lowest BCUT2D eigenvalue weighted by Gasteiger charge is -2.25. The molecule has 0 saturated heterocycles. The van der Waals surface area contributed by atoms with Crippen molar-refractivity contribution in [3.05, 3.63) is 88.4 Å². The molecule has 33 heavy (non-hydrogen) atoms. The molecule has 1 amide bonds. The van der Waals surface area contributed by atoms with Gasteiger partial charge in [0.15, 0.2) is 0 Å². The van der Waals surface area contributed by atoms with E-state index < -0.39 is 5.97 Å². The molecule has 3 aromatic rings. The van der Waals surface area contributed by atoms with Gasteiger partial charge in [0.05, 0.1) is 25.5 Å². The van der Waals surface area contributed by atoms with Crippen LogP contribution < -0.4 is 14.4 Å². The van der Waals surface area contributed by atoms with Gasteiger partial charge in [-0.3, -0.25) is 4.79 Å². The normalized spacial score (nSPS) is 10.4. The molecule has 3 aromatic carbocycles. The fourth-order valence-corrected chi connectivity index (χ4v) is 4.31. The first kappa shape index (κ1) is 24.5. The van der Waals surface area contributed by atoms with Gasteiger partial charge in [-0.2, -0.15) is 0 Å². The molecule has 0 aliphatic carbocycles. The zero-order valence-corrected chi connectivity index (χ0v) is 20.2. The van der Waals surface area contributed by atoms with E-state index in [9.17, 15) is 9.59 Å². The fraction of sp³-hybridized carbons (Fsp3) is 0.200. The number of esters is 1. The number of halogens is 1. The summed E-state index contributed by atoms with van der Waals surface area (Å²) in [6.45, 7) is 2.39. The van der Waals surface area contributed by atoms with Crippen LogP contribution in [0.5, 0.6) is 5.75 Å². The van der Waals surface area contributed by atoms with Crippen LogP contribution >= 0.6 is 23.5 Å². The van der Waals surface area contributed by atoms with Crippen molar-refractivity contribution in [2.45, 2.75) is 18.4 Å². The van der Waals surface area contributed by atoms with E-state index >= 15 is 0 Å². The summed E-state index contributed by atoms with van der Waals surface area (Å²) in [4.78, 5) is 25.5. The summed E-state index contributed by atoms with van der Waals surface area (Å²) in [6.07, 6.45) is 0. The fourth-order valence-electron chi connectivity index (χ4n) is 3.09. The third-order valence-electron chi connectivity index (χ3n) is 4.91. The van der Waals surface area contributed by atoms with E-state index in [-0.39, 0.29) is 12.5 Å². The second kappa shape index (κ2) is 11.6. The summed E-state index contributed by atoms with van der Waals surface area (Å²) >= 11 is 7.69. The van der Waals surface area contributed by atoms with Gasteiger partial charge in [0.25, 0.3) is 0 Å². The highest BCUT2D eigenvalue weighted by molar-refractivity contribution is 8.00. The van der Waals surface area contributed by atoms with Crippen molar-refractivity contribution in [1.29, 1.82) is 0 Å². The molecule has 0 aliphatic rings. The van der Waals surface area contributed by atoms with Crippen LogP contribution in [0.25, 0.3) is 0 Å². The molecule has 0 atom stereocenters. The van der Waals surface area contributed by atoms with Gasteiger partial charge in [-0.25, -0.2) is 4.79 Å². The van der Waals surface area contributed by atoms with E-state index in [0.717, 1.165) is 27.5 Å². The van der Waals surface area contributed by atoms with E-state index in [1.807, 2.05) is 59.8 Å². The van der Waals surface area contributed by atoms with Crippen LogP contribution in [0.1, 0.15) is 21.5 Å². The van der Waals surface area contributed by atoms with E-state index in [0.29, 0.717) is 17.1 Å². The van der Waals surface area contributed by atoms with Crippen molar-refractivity contribution in [2.24, 2.45) is 0 Å². The van der Waals surface area contributed by atoms with Gasteiger partial charge < -0.3 is 19.1 Å². The molecule has 0 heterocycles. The summed E-state index contributed by atoms with van der Waals surface area (Å²) in [5.41, 5.74) is 3.08. The Hall–Kier alpha value is -3.16. The van der Waals surface area contributed by atoms with Crippen LogP contribution in [0, 0.1) is 6.92 Å². The number of benzene rings is 3. The number of carbonyl (C=O) groups excluding carboxylic acids is 2. The highest BCUT2D eigenvalue weighted by atomic mass is 35.5. The molecule has 172 valence electrons. The summed E-state index contributed by atoms with van der Waals surface area (Å²) in [5.74, 6) is 0.195. The van der Waals surface area contributed by atoms with Crippen LogP contribution in [0.2, 0.25) is 5.02 Å². The molecule has 0 unspecified atom stereocenters. The Morgan fingerprint density at radius 2 is 1.76 bits per heavy atom. The minimum atomic E-state index is -0.417. The molecule has 0 spiro atoms. The molecular weight excluding hydrogens is 460 g/mol. The topological polar surface area (TPSA) is 67.9 Å². The number of nitrogens with one attached hydrogen (secondary N) is 1. The Morgan fingerprint density at radius 1 is 1.03 bits per heavy atom. The largest absolute Gasteiger partial charge is 0.497 e. The number of anilines is 1. The van der Waals surface area contributed by atoms with Gasteiger partial charge in [0, 0.05) is 16.5 Å². The predicted octanol–water partition coefficient (Wildman–Crippen LogP) is 5.27. The lowest BCUT2D eigenvalue weighted by atomic mass is 10.2. The molecule has 8 heteroatoms. The Kier molecular flexibility index (Phi) is 8.63. The summed E-state index contributed by atoms with van der Waals surface area (Å²) in [5, 5.41) is 3.56. The first-order valence-electron chi connectivity index (χ1n) is 10.2. The second-order valence-corrected chi connectivity index (χ2v) is 8.66. The number of carbonyl (C=O) groups is 2. The zero-order chi connectivity index (χ0) is 23.8. The lowest BCUT2D eigenvalue weighted by Crippen LogP contribution is -2.34. The summed E-state index contributed by atoms with van der Waals surface area (Å²) in [6, 6.07) is 20.2. The van der Waals surface area contributed by atoms with Gasteiger partial charge in [0.1, 0.15) is 12.3 Å². The molecule has 0 aliphatic heterocycles. The van der Waals surface area contributed by atoms with Crippen LogP contribution in [0.15, 0.2) is 71.6 Å². The standard InChI is InChI=1S/C25H25ClN2O4S/c1-17-22(26)8-5-9-23(17)28(33-21-7-4-6-19(14-21)25(30)32-3)16-24(29)27-15-18-10-12-20(31-2)13-11-18/h4-14H,15-16H2,1-3H3,(H,27,29). The van der Waals surface area contributed by atoms with Gasteiger partial charge >= 0.3 is 5.97 Å². The molecular formula is C25H25ClN2O4S. The van der Waals surface area contributed by atoms with Crippen molar-refractivity contribution in [2.75, 3.05) is 25.1 Å². The quantitative estimate of drug-likeness (QED) is 0.329. The molecule has 0 radical (unpaired) electrons. The first-order chi connectivity index (χ1) is 15.9. The maximum Gasteiger partial charge on any atom is 0.337 e. The van der Waals surface area contributed by atoms with Crippen LogP contribution in [0.3, 0.4) is 0 Å². The Labute approximate surface area is 203 Å². The lowest BCUT2D eigenvalue weighted by molar-refractivity contribution is -0.119. The van der Waals surface area contributed by atoms with E-state index in [1.165, 1.54) is 19.1 Å². The molecule has 0 bridgehead atoms. The van der Waals surface area contributed by atoms with Crippen molar-refractivity contribution < 1.29 is 19.1 Å². The number of hydrogen-bond donors (Lipinski definition) is 1. The number of rotatable bonds is 9. The first-order valence-corrected chi connectivity index (χ1v) is 11.3. The van der Waals surface area contributed by atoms with Crippen molar-refractivity contribution in [1.82, 2.24) is 5.32 Å². The molecule has 3 rings (SSSR count). The Balaban J connectivity index is 1.78.